The SMILES string of the molecule is C#CCCCCNC(=O)c1csc(C(C)N)n1. The predicted octanol–water partition coefficient (Wildman–Crippen LogP) is 1.70. The second-order valence-electron chi connectivity index (χ2n) is 3.78. The summed E-state index contributed by atoms with van der Waals surface area (Å²) >= 11 is 1.41. The van der Waals surface area contributed by atoms with E-state index in [1.54, 1.807) is 5.38 Å². The summed E-state index contributed by atoms with van der Waals surface area (Å²) < 4.78 is 0. The first-order valence-electron chi connectivity index (χ1n) is 5.57. The number of aromatic nitrogens is 1. The Hall–Kier alpha value is -1.38. The van der Waals surface area contributed by atoms with Crippen LogP contribution in [0, 0.1) is 12.3 Å². The molecule has 0 saturated carbocycles. The number of amides is 1. The van der Waals surface area contributed by atoms with Gasteiger partial charge in [0, 0.05) is 18.3 Å². The fourth-order valence-electron chi connectivity index (χ4n) is 1.25. The Labute approximate surface area is 106 Å². The molecule has 0 aliphatic rings. The summed E-state index contributed by atoms with van der Waals surface area (Å²) in [6.07, 6.45) is 7.70. The fourth-order valence-corrected chi connectivity index (χ4v) is 2.00. The van der Waals surface area contributed by atoms with Crippen LogP contribution < -0.4 is 11.1 Å². The minimum absolute atomic E-state index is 0.128. The molecule has 0 bridgehead atoms. The zero-order valence-corrected chi connectivity index (χ0v) is 10.7. The van der Waals surface area contributed by atoms with Gasteiger partial charge in [-0.25, -0.2) is 4.98 Å². The zero-order valence-electron chi connectivity index (χ0n) is 9.90. The molecule has 1 aromatic heterocycles. The van der Waals surface area contributed by atoms with Crippen molar-refractivity contribution in [2.45, 2.75) is 32.2 Å². The van der Waals surface area contributed by atoms with Gasteiger partial charge in [0.25, 0.3) is 5.91 Å². The number of nitrogens with zero attached hydrogens (tertiary/aromatic N) is 1. The lowest BCUT2D eigenvalue weighted by Crippen LogP contribution is -2.24. The van der Waals surface area contributed by atoms with Crippen LogP contribution in [0.1, 0.15) is 47.7 Å². The van der Waals surface area contributed by atoms with Gasteiger partial charge in [0.15, 0.2) is 0 Å². The van der Waals surface area contributed by atoms with E-state index in [4.69, 9.17) is 12.2 Å². The third-order valence-electron chi connectivity index (χ3n) is 2.18. The molecule has 0 saturated heterocycles. The normalized spacial score (nSPS) is 11.8. The first kappa shape index (κ1) is 13.7. The Bertz CT molecular complexity index is 406. The van der Waals surface area contributed by atoms with Gasteiger partial charge in [0.1, 0.15) is 10.7 Å². The van der Waals surface area contributed by atoms with E-state index in [1.165, 1.54) is 11.3 Å². The molecular weight excluding hydrogens is 234 g/mol. The zero-order chi connectivity index (χ0) is 12.7. The lowest BCUT2D eigenvalue weighted by atomic mass is 10.2. The number of carbonyl (C=O) groups is 1. The highest BCUT2D eigenvalue weighted by atomic mass is 32.1. The predicted molar refractivity (Wildman–Crippen MR) is 69.7 cm³/mol. The second kappa shape index (κ2) is 7.05. The number of hydrogen-bond donors (Lipinski definition) is 2. The number of carbonyl (C=O) groups excluding carboxylic acids is 1. The van der Waals surface area contributed by atoms with Crippen molar-refractivity contribution in [1.29, 1.82) is 0 Å². The van der Waals surface area contributed by atoms with E-state index in [0.717, 1.165) is 24.3 Å². The van der Waals surface area contributed by atoms with Gasteiger partial charge in [-0.2, -0.15) is 0 Å². The van der Waals surface area contributed by atoms with Crippen LogP contribution in [-0.2, 0) is 0 Å². The molecule has 0 fully saturated rings. The molecule has 0 aliphatic carbocycles. The van der Waals surface area contributed by atoms with Crippen molar-refractivity contribution in [3.05, 3.63) is 16.1 Å². The average molecular weight is 251 g/mol. The molecular formula is C12H17N3OS. The maximum Gasteiger partial charge on any atom is 0.270 e. The van der Waals surface area contributed by atoms with Crippen molar-refractivity contribution in [1.82, 2.24) is 10.3 Å². The van der Waals surface area contributed by atoms with Crippen LogP contribution in [0.3, 0.4) is 0 Å². The molecule has 1 aromatic rings. The number of nitrogens with one attached hydrogen (secondary N) is 1. The van der Waals surface area contributed by atoms with Crippen molar-refractivity contribution < 1.29 is 4.79 Å². The Morgan fingerprint density at radius 2 is 2.47 bits per heavy atom. The molecule has 0 radical (unpaired) electrons. The maximum absolute atomic E-state index is 11.7. The lowest BCUT2D eigenvalue weighted by Gasteiger charge is -2.02. The van der Waals surface area contributed by atoms with E-state index in [-0.39, 0.29) is 11.9 Å². The van der Waals surface area contributed by atoms with Gasteiger partial charge in [0.2, 0.25) is 0 Å². The van der Waals surface area contributed by atoms with E-state index >= 15 is 0 Å². The number of hydrogen-bond acceptors (Lipinski definition) is 4. The van der Waals surface area contributed by atoms with Crippen LogP contribution in [0.2, 0.25) is 0 Å². The largest absolute Gasteiger partial charge is 0.351 e. The summed E-state index contributed by atoms with van der Waals surface area (Å²) in [6, 6.07) is -0.128. The van der Waals surface area contributed by atoms with Crippen LogP contribution in [0.5, 0.6) is 0 Å². The van der Waals surface area contributed by atoms with Gasteiger partial charge in [-0.3, -0.25) is 4.79 Å². The number of nitrogens with two attached hydrogens (primary N) is 1. The van der Waals surface area contributed by atoms with Crippen molar-refractivity contribution in [2.75, 3.05) is 6.54 Å². The van der Waals surface area contributed by atoms with E-state index in [9.17, 15) is 4.79 Å². The van der Waals surface area contributed by atoms with Crippen LogP contribution in [0.15, 0.2) is 5.38 Å². The Morgan fingerprint density at radius 3 is 3.06 bits per heavy atom. The smallest absolute Gasteiger partial charge is 0.270 e. The van der Waals surface area contributed by atoms with E-state index < -0.39 is 0 Å². The number of thiazole rings is 1. The first-order valence-corrected chi connectivity index (χ1v) is 6.45. The van der Waals surface area contributed by atoms with Crippen LogP contribution in [0.25, 0.3) is 0 Å². The number of unbranched alkanes of at least 4 members (excludes halogenated alkanes) is 2. The average Bonchev–Trinajstić information content (AvgIpc) is 2.78. The van der Waals surface area contributed by atoms with Crippen LogP contribution in [0.4, 0.5) is 0 Å². The topological polar surface area (TPSA) is 68.0 Å². The van der Waals surface area contributed by atoms with Crippen LogP contribution in [-0.4, -0.2) is 17.4 Å². The summed E-state index contributed by atoms with van der Waals surface area (Å²) in [7, 11) is 0. The summed E-state index contributed by atoms with van der Waals surface area (Å²) in [5, 5.41) is 5.32. The molecule has 1 heterocycles. The molecule has 0 aliphatic heterocycles. The fraction of sp³-hybridized carbons (Fsp3) is 0.500. The van der Waals surface area contributed by atoms with Crippen molar-refractivity contribution in [3.8, 4) is 12.3 Å². The molecule has 17 heavy (non-hydrogen) atoms. The van der Waals surface area contributed by atoms with E-state index in [0.29, 0.717) is 12.2 Å². The molecule has 1 rings (SSSR count). The molecule has 4 nitrogen and oxygen atoms in total. The van der Waals surface area contributed by atoms with Crippen LogP contribution >= 0.6 is 11.3 Å². The molecule has 0 spiro atoms. The van der Waals surface area contributed by atoms with E-state index in [1.807, 2.05) is 6.92 Å². The van der Waals surface area contributed by atoms with Crippen molar-refractivity contribution >= 4 is 17.2 Å². The summed E-state index contributed by atoms with van der Waals surface area (Å²) in [5.74, 6) is 2.42. The molecule has 1 atom stereocenters. The minimum Gasteiger partial charge on any atom is -0.351 e. The van der Waals surface area contributed by atoms with Gasteiger partial charge in [0.05, 0.1) is 6.04 Å². The molecule has 1 unspecified atom stereocenters. The van der Waals surface area contributed by atoms with Crippen molar-refractivity contribution in [3.63, 3.8) is 0 Å². The summed E-state index contributed by atoms with van der Waals surface area (Å²) in [4.78, 5) is 15.8. The summed E-state index contributed by atoms with van der Waals surface area (Å²) in [6.45, 7) is 2.48. The maximum atomic E-state index is 11.7. The quantitative estimate of drug-likeness (QED) is 0.597. The van der Waals surface area contributed by atoms with Crippen molar-refractivity contribution in [2.24, 2.45) is 5.73 Å². The molecule has 1 amide bonds. The Kier molecular flexibility index (Phi) is 5.67. The first-order chi connectivity index (χ1) is 8.15. The standard InChI is InChI=1S/C12H17N3OS/c1-3-4-5-6-7-14-11(16)10-8-17-12(15-10)9(2)13/h1,8-9H,4-7,13H2,2H3,(H,14,16). The second-order valence-corrected chi connectivity index (χ2v) is 4.67. The Morgan fingerprint density at radius 1 is 1.71 bits per heavy atom. The Balaban J connectivity index is 2.34. The highest BCUT2D eigenvalue weighted by Crippen LogP contribution is 2.15. The molecule has 3 N–H and O–H groups in total. The minimum atomic E-state index is -0.145. The summed E-state index contributed by atoms with van der Waals surface area (Å²) in [5.41, 5.74) is 6.12. The molecule has 5 heteroatoms. The highest BCUT2D eigenvalue weighted by Gasteiger charge is 2.11. The third kappa shape index (κ3) is 4.55. The van der Waals surface area contributed by atoms with Gasteiger partial charge in [-0.15, -0.1) is 23.7 Å². The monoisotopic (exact) mass is 251 g/mol. The highest BCUT2D eigenvalue weighted by molar-refractivity contribution is 7.09. The number of rotatable bonds is 6. The number of terminal acetylenes is 1. The van der Waals surface area contributed by atoms with Gasteiger partial charge in [-0.05, 0) is 19.8 Å². The third-order valence-corrected chi connectivity index (χ3v) is 3.22. The van der Waals surface area contributed by atoms with Gasteiger partial charge >= 0.3 is 0 Å². The van der Waals surface area contributed by atoms with Gasteiger partial charge in [-0.1, -0.05) is 0 Å². The lowest BCUT2D eigenvalue weighted by molar-refractivity contribution is 0.0948. The molecule has 92 valence electrons. The van der Waals surface area contributed by atoms with Gasteiger partial charge < -0.3 is 11.1 Å². The molecule has 0 aromatic carbocycles. The van der Waals surface area contributed by atoms with E-state index in [2.05, 4.69) is 16.2 Å².